The molecule has 1 aromatic carbocycles. The summed E-state index contributed by atoms with van der Waals surface area (Å²) < 4.78 is 2.37. The van der Waals surface area contributed by atoms with E-state index in [9.17, 15) is 4.79 Å². The average molecular weight is 418 g/mol. The van der Waals surface area contributed by atoms with Gasteiger partial charge in [-0.25, -0.2) is 4.98 Å². The number of carbonyl (C=O) groups is 1. The molecule has 0 saturated heterocycles. The quantitative estimate of drug-likeness (QED) is 0.657. The molecule has 4 aliphatic carbocycles. The molecule has 2 saturated carbocycles. The number of aromatic nitrogens is 2. The highest BCUT2D eigenvalue weighted by atomic mass is 16.1. The fourth-order valence-electron chi connectivity index (χ4n) is 7.63. The number of rotatable bonds is 1. The predicted octanol–water partition coefficient (Wildman–Crippen LogP) is 5.59. The van der Waals surface area contributed by atoms with Crippen molar-refractivity contribution in [3.63, 3.8) is 0 Å². The zero-order valence-corrected chi connectivity index (χ0v) is 19.1. The van der Waals surface area contributed by atoms with Gasteiger partial charge < -0.3 is 10.3 Å². The van der Waals surface area contributed by atoms with Gasteiger partial charge in [0.15, 0.2) is 5.78 Å². The van der Waals surface area contributed by atoms with Crippen molar-refractivity contribution >= 4 is 22.5 Å². The van der Waals surface area contributed by atoms with Crippen LogP contribution in [-0.4, -0.2) is 22.4 Å². The molecule has 5 unspecified atom stereocenters. The molecule has 2 fully saturated rings. The van der Waals surface area contributed by atoms with Crippen LogP contribution in [0.3, 0.4) is 0 Å². The number of nitrogens with two attached hydrogens (primary N) is 1. The molecule has 2 aromatic rings. The minimum Gasteiger partial charge on any atom is -0.333 e. The molecular weight excluding hydrogens is 382 g/mol. The first kappa shape index (κ1) is 20.7. The first-order chi connectivity index (χ1) is 15.0. The second kappa shape index (κ2) is 7.44. The van der Waals surface area contributed by atoms with Crippen LogP contribution in [0.1, 0.15) is 58.8 Å². The van der Waals surface area contributed by atoms with Crippen LogP contribution >= 0.6 is 0 Å². The number of fused-ring (bicyclic) bond motifs is 6. The average Bonchev–Trinajstić information content (AvgIpc) is 3.36. The Bertz CT molecular complexity index is 1080. The van der Waals surface area contributed by atoms with Gasteiger partial charge in [0.25, 0.3) is 0 Å². The Balaban J connectivity index is 0.000000994. The number of imidazole rings is 1. The van der Waals surface area contributed by atoms with E-state index in [1.54, 1.807) is 0 Å². The molecule has 4 aliphatic rings. The first-order valence-corrected chi connectivity index (χ1v) is 12.0. The minimum atomic E-state index is 0.229. The number of nitrogens with zero attached hydrogens (tertiary/aromatic N) is 2. The highest BCUT2D eigenvalue weighted by Crippen LogP contribution is 2.66. The van der Waals surface area contributed by atoms with Crippen LogP contribution in [0.4, 0.5) is 0 Å². The van der Waals surface area contributed by atoms with Gasteiger partial charge in [-0.15, -0.1) is 0 Å². The third-order valence-electron chi connectivity index (χ3n) is 9.21. The Morgan fingerprint density at radius 1 is 1.03 bits per heavy atom. The van der Waals surface area contributed by atoms with Crippen molar-refractivity contribution in [2.45, 2.75) is 58.8 Å². The Morgan fingerprint density at radius 3 is 2.68 bits per heavy atom. The van der Waals surface area contributed by atoms with Gasteiger partial charge in [-0.05, 0) is 87.0 Å². The lowest BCUT2D eigenvalue weighted by Gasteiger charge is -2.57. The lowest BCUT2D eigenvalue weighted by atomic mass is 9.47. The highest BCUT2D eigenvalue weighted by molar-refractivity contribution is 5.91. The fourth-order valence-corrected chi connectivity index (χ4v) is 7.63. The second-order valence-electron chi connectivity index (χ2n) is 10.4. The fraction of sp³-hybridized carbons (Fsp3) is 0.556. The van der Waals surface area contributed by atoms with Crippen LogP contribution in [0.5, 0.6) is 0 Å². The van der Waals surface area contributed by atoms with E-state index in [4.69, 9.17) is 0 Å². The van der Waals surface area contributed by atoms with E-state index in [0.29, 0.717) is 11.7 Å². The molecule has 2 N–H and O–H groups in total. The van der Waals surface area contributed by atoms with Crippen molar-refractivity contribution in [2.75, 3.05) is 7.05 Å². The zero-order chi connectivity index (χ0) is 21.8. The van der Waals surface area contributed by atoms with Crippen LogP contribution in [-0.2, 0) is 4.79 Å². The molecule has 0 spiro atoms. The van der Waals surface area contributed by atoms with Gasteiger partial charge in [-0.1, -0.05) is 37.6 Å². The van der Waals surface area contributed by atoms with E-state index in [2.05, 4.69) is 59.5 Å². The monoisotopic (exact) mass is 417 g/mol. The number of carbonyl (C=O) groups excluding carboxylic acids is 1. The van der Waals surface area contributed by atoms with Crippen LogP contribution in [0.15, 0.2) is 48.3 Å². The van der Waals surface area contributed by atoms with Crippen molar-refractivity contribution in [1.82, 2.24) is 9.55 Å². The maximum atomic E-state index is 12.0. The Morgan fingerprint density at radius 2 is 1.84 bits per heavy atom. The summed E-state index contributed by atoms with van der Waals surface area (Å²) in [6.07, 6.45) is 14.5. The molecule has 4 nitrogen and oxygen atoms in total. The number of para-hydroxylation sites is 2. The summed E-state index contributed by atoms with van der Waals surface area (Å²) in [5, 5.41) is 0. The van der Waals surface area contributed by atoms with Gasteiger partial charge in [-0.3, -0.25) is 4.79 Å². The van der Waals surface area contributed by atoms with Gasteiger partial charge in [0, 0.05) is 17.5 Å². The zero-order valence-electron chi connectivity index (χ0n) is 19.1. The van der Waals surface area contributed by atoms with Crippen molar-refractivity contribution < 1.29 is 4.79 Å². The van der Waals surface area contributed by atoms with Gasteiger partial charge in [0.05, 0.1) is 11.0 Å². The molecule has 1 aromatic heterocycles. The Labute approximate surface area is 185 Å². The SMILES string of the molecule is CC12CCC(=O)C=C1CCC1C2CCC2(C)C(n3cnc4ccccc43)=CCC12.CN. The van der Waals surface area contributed by atoms with E-state index in [-0.39, 0.29) is 10.8 Å². The normalized spacial score (nSPS) is 36.5. The summed E-state index contributed by atoms with van der Waals surface area (Å²) >= 11 is 0. The minimum absolute atomic E-state index is 0.229. The molecule has 0 radical (unpaired) electrons. The molecule has 164 valence electrons. The number of benzene rings is 1. The lowest BCUT2D eigenvalue weighted by Crippen LogP contribution is -2.50. The highest BCUT2D eigenvalue weighted by Gasteiger charge is 2.57. The maximum Gasteiger partial charge on any atom is 0.155 e. The molecule has 1 heterocycles. The Hall–Kier alpha value is -2.20. The number of hydrogen-bond donors (Lipinski definition) is 1. The topological polar surface area (TPSA) is 60.9 Å². The van der Waals surface area contributed by atoms with Gasteiger partial charge in [0.1, 0.15) is 6.33 Å². The first-order valence-electron chi connectivity index (χ1n) is 12.0. The second-order valence-corrected chi connectivity index (χ2v) is 10.4. The van der Waals surface area contributed by atoms with E-state index >= 15 is 0 Å². The molecule has 0 bridgehead atoms. The van der Waals surface area contributed by atoms with E-state index in [0.717, 1.165) is 36.6 Å². The number of allylic oxidation sites excluding steroid dienone is 4. The summed E-state index contributed by atoms with van der Waals surface area (Å²) in [7, 11) is 1.50. The van der Waals surface area contributed by atoms with E-state index < -0.39 is 0 Å². The lowest BCUT2D eigenvalue weighted by molar-refractivity contribution is -0.117. The molecule has 0 aliphatic heterocycles. The van der Waals surface area contributed by atoms with Crippen LogP contribution in [0.2, 0.25) is 0 Å². The van der Waals surface area contributed by atoms with Crippen molar-refractivity contribution in [3.8, 4) is 0 Å². The van der Waals surface area contributed by atoms with Gasteiger partial charge in [0.2, 0.25) is 0 Å². The number of ketones is 1. The standard InChI is InChI=1S/C26H30N2O.CH5N/c1-25-13-11-18(29)15-17(25)7-8-19-20-9-10-24(26(20,2)14-12-21(19)25)28-16-27-22-5-3-4-6-23(22)28;1-2/h3-6,10,15-16,19-21H,7-9,11-14H2,1-2H3;2H2,1H3. The largest absolute Gasteiger partial charge is 0.333 e. The van der Waals surface area contributed by atoms with Gasteiger partial charge >= 0.3 is 0 Å². The molecule has 5 atom stereocenters. The predicted molar refractivity (Wildman–Crippen MR) is 126 cm³/mol. The summed E-state index contributed by atoms with van der Waals surface area (Å²) in [5.74, 6) is 2.58. The molecule has 0 amide bonds. The van der Waals surface area contributed by atoms with Crippen LogP contribution < -0.4 is 5.73 Å². The van der Waals surface area contributed by atoms with Crippen molar-refractivity contribution in [3.05, 3.63) is 48.3 Å². The maximum absolute atomic E-state index is 12.0. The molecule has 31 heavy (non-hydrogen) atoms. The third-order valence-corrected chi connectivity index (χ3v) is 9.21. The van der Waals surface area contributed by atoms with Gasteiger partial charge in [-0.2, -0.15) is 0 Å². The van der Waals surface area contributed by atoms with E-state index in [1.807, 2.05) is 12.4 Å². The third kappa shape index (κ3) is 2.91. The summed E-state index contributed by atoms with van der Waals surface area (Å²) in [5.41, 5.74) is 10.2. The van der Waals surface area contributed by atoms with Crippen molar-refractivity contribution in [2.24, 2.45) is 34.3 Å². The number of hydrogen-bond acceptors (Lipinski definition) is 3. The Kier molecular flexibility index (Phi) is 4.97. The molecular formula is C27H35N3O. The van der Waals surface area contributed by atoms with Crippen LogP contribution in [0, 0.1) is 28.6 Å². The molecule has 4 heteroatoms. The van der Waals surface area contributed by atoms with E-state index in [1.165, 1.54) is 49.5 Å². The van der Waals surface area contributed by atoms with Crippen molar-refractivity contribution in [1.29, 1.82) is 0 Å². The smallest absolute Gasteiger partial charge is 0.155 e. The van der Waals surface area contributed by atoms with Crippen LogP contribution in [0.25, 0.3) is 16.7 Å². The molecule has 6 rings (SSSR count). The summed E-state index contributed by atoms with van der Waals surface area (Å²) in [6.45, 7) is 4.98. The summed E-state index contributed by atoms with van der Waals surface area (Å²) in [6, 6.07) is 8.50. The summed E-state index contributed by atoms with van der Waals surface area (Å²) in [4.78, 5) is 16.7.